The van der Waals surface area contributed by atoms with Crippen molar-refractivity contribution in [1.29, 1.82) is 0 Å². The number of carbonyl (C=O) groups is 2. The number of ether oxygens (including phenoxy) is 1. The molecule has 0 saturated carbocycles. The van der Waals surface area contributed by atoms with Crippen molar-refractivity contribution in [3.8, 4) is 23.0 Å². The lowest BCUT2D eigenvalue weighted by atomic mass is 10.1. The molecule has 0 spiro atoms. The van der Waals surface area contributed by atoms with Crippen LogP contribution in [-0.2, 0) is 4.79 Å². The number of furan rings is 1. The molecule has 214 valence electrons. The zero-order chi connectivity index (χ0) is 28.8. The van der Waals surface area contributed by atoms with E-state index in [-0.39, 0.29) is 23.7 Å². The summed E-state index contributed by atoms with van der Waals surface area (Å²) < 4.78 is 26.1. The number of halogens is 1. The van der Waals surface area contributed by atoms with Crippen molar-refractivity contribution in [2.75, 3.05) is 32.5 Å². The van der Waals surface area contributed by atoms with Gasteiger partial charge in [0, 0.05) is 43.4 Å². The topological polar surface area (TPSA) is 93.7 Å². The van der Waals surface area contributed by atoms with Crippen molar-refractivity contribution in [3.05, 3.63) is 78.3 Å². The molecule has 1 aliphatic rings. The minimum absolute atomic E-state index is 0.0947. The highest BCUT2D eigenvalue weighted by atomic mass is 32.2. The van der Waals surface area contributed by atoms with Crippen LogP contribution in [0.5, 0.6) is 5.75 Å². The van der Waals surface area contributed by atoms with Crippen LogP contribution in [-0.4, -0.2) is 74.9 Å². The third kappa shape index (κ3) is 6.62. The van der Waals surface area contributed by atoms with Gasteiger partial charge in [0.15, 0.2) is 10.9 Å². The van der Waals surface area contributed by atoms with Crippen LogP contribution >= 0.6 is 11.8 Å². The molecule has 0 aliphatic carbocycles. The molecule has 0 radical (unpaired) electrons. The van der Waals surface area contributed by atoms with Crippen LogP contribution in [0.25, 0.3) is 17.3 Å². The predicted octanol–water partition coefficient (Wildman–Crippen LogP) is 5.31. The largest absolute Gasteiger partial charge is 0.497 e. The van der Waals surface area contributed by atoms with Crippen LogP contribution in [0, 0.1) is 5.82 Å². The van der Waals surface area contributed by atoms with E-state index in [1.165, 1.54) is 24.3 Å². The van der Waals surface area contributed by atoms with Crippen LogP contribution < -0.4 is 4.74 Å². The minimum Gasteiger partial charge on any atom is -0.497 e. The molecule has 2 aromatic carbocycles. The Labute approximate surface area is 242 Å². The van der Waals surface area contributed by atoms with E-state index in [9.17, 15) is 14.0 Å². The minimum atomic E-state index is -0.374. The fourth-order valence-electron chi connectivity index (χ4n) is 4.84. The van der Waals surface area contributed by atoms with E-state index >= 15 is 0 Å². The second-order valence-electron chi connectivity index (χ2n) is 9.82. The highest BCUT2D eigenvalue weighted by Crippen LogP contribution is 2.29. The summed E-state index contributed by atoms with van der Waals surface area (Å²) in [5.74, 6) is 2.35. The van der Waals surface area contributed by atoms with Crippen LogP contribution in [0.15, 0.2) is 76.5 Å². The average molecular weight is 578 g/mol. The summed E-state index contributed by atoms with van der Waals surface area (Å²) in [6, 6.07) is 16.8. The maximum Gasteiger partial charge on any atom is 0.254 e. The number of benzene rings is 2. The molecule has 9 nitrogen and oxygen atoms in total. The maximum atomic E-state index is 13.2. The van der Waals surface area contributed by atoms with Crippen LogP contribution in [0.3, 0.4) is 0 Å². The number of piperazine rings is 1. The zero-order valence-electron chi connectivity index (χ0n) is 23.0. The second-order valence-corrected chi connectivity index (χ2v) is 10.9. The van der Waals surface area contributed by atoms with E-state index in [1.807, 2.05) is 52.8 Å². The Kier molecular flexibility index (Phi) is 9.03. The number of methoxy groups -OCH3 is 1. The Balaban J connectivity index is 1.12. The highest BCUT2D eigenvalue weighted by molar-refractivity contribution is 7.99. The molecule has 1 unspecified atom stereocenters. The molecule has 1 atom stereocenters. The summed E-state index contributed by atoms with van der Waals surface area (Å²) in [5.41, 5.74) is 1.35. The van der Waals surface area contributed by atoms with Crippen molar-refractivity contribution >= 4 is 23.6 Å². The van der Waals surface area contributed by atoms with E-state index in [0.29, 0.717) is 43.2 Å². The normalized spacial score (nSPS) is 15.2. The number of carbonyl (C=O) groups excluding carboxylic acids is 2. The molecule has 1 aliphatic heterocycles. The molecule has 5 rings (SSSR count). The first kappa shape index (κ1) is 28.4. The zero-order valence-corrected chi connectivity index (χ0v) is 23.8. The van der Waals surface area contributed by atoms with Gasteiger partial charge in [-0.1, -0.05) is 11.8 Å². The van der Waals surface area contributed by atoms with Gasteiger partial charge < -0.3 is 19.0 Å². The van der Waals surface area contributed by atoms with Gasteiger partial charge in [-0.3, -0.25) is 14.2 Å². The van der Waals surface area contributed by atoms with Crippen molar-refractivity contribution in [1.82, 2.24) is 24.6 Å². The van der Waals surface area contributed by atoms with Gasteiger partial charge in [-0.25, -0.2) is 4.39 Å². The molecule has 4 aromatic rings. The monoisotopic (exact) mass is 577 g/mol. The molecular formula is C30H32FN5O4S. The molecule has 1 fully saturated rings. The molecule has 0 bridgehead atoms. The fraction of sp³-hybridized carbons (Fsp3) is 0.333. The number of nitrogens with zero attached hydrogens (tertiary/aromatic N) is 5. The highest BCUT2D eigenvalue weighted by Gasteiger charge is 2.30. The summed E-state index contributed by atoms with van der Waals surface area (Å²) >= 11 is 1.58. The molecular weight excluding hydrogens is 545 g/mol. The van der Waals surface area contributed by atoms with Crippen LogP contribution in [0.1, 0.15) is 36.5 Å². The Morgan fingerprint density at radius 2 is 1.83 bits per heavy atom. The Hall–Kier alpha value is -4.12. The average Bonchev–Trinajstić information content (AvgIpc) is 3.67. The van der Waals surface area contributed by atoms with Crippen molar-refractivity contribution in [2.24, 2.45) is 0 Å². The summed E-state index contributed by atoms with van der Waals surface area (Å²) in [5, 5.41) is 9.53. The number of aromatic nitrogens is 3. The first-order chi connectivity index (χ1) is 19.9. The lowest BCUT2D eigenvalue weighted by molar-refractivity contribution is -0.133. The smallest absolute Gasteiger partial charge is 0.254 e. The van der Waals surface area contributed by atoms with Crippen molar-refractivity contribution < 1.29 is 23.1 Å². The lowest BCUT2D eigenvalue weighted by Gasteiger charge is -2.40. The first-order valence-electron chi connectivity index (χ1n) is 13.6. The molecule has 11 heteroatoms. The molecule has 1 saturated heterocycles. The van der Waals surface area contributed by atoms with Gasteiger partial charge in [0.1, 0.15) is 11.6 Å². The van der Waals surface area contributed by atoms with Gasteiger partial charge in [-0.15, -0.1) is 10.2 Å². The van der Waals surface area contributed by atoms with E-state index in [0.717, 1.165) is 35.2 Å². The molecule has 3 heterocycles. The Morgan fingerprint density at radius 3 is 2.51 bits per heavy atom. The van der Waals surface area contributed by atoms with E-state index in [2.05, 4.69) is 10.2 Å². The van der Waals surface area contributed by atoms with Gasteiger partial charge in [-0.05, 0) is 80.4 Å². The third-order valence-corrected chi connectivity index (χ3v) is 8.07. The van der Waals surface area contributed by atoms with E-state index < -0.39 is 0 Å². The van der Waals surface area contributed by atoms with Gasteiger partial charge >= 0.3 is 0 Å². The Bertz CT molecular complexity index is 1460. The van der Waals surface area contributed by atoms with E-state index in [1.54, 1.807) is 30.0 Å². The fourth-order valence-corrected chi connectivity index (χ4v) is 5.79. The predicted molar refractivity (Wildman–Crippen MR) is 154 cm³/mol. The molecule has 0 N–H and O–H groups in total. The first-order valence-corrected chi connectivity index (χ1v) is 14.5. The van der Waals surface area contributed by atoms with Crippen LogP contribution in [0.2, 0.25) is 0 Å². The number of rotatable bonds is 10. The standard InChI is InChI=1S/C30H32FN5O4S/c1-21-20-34(16-17-35(21)29(38)22-8-10-23(31)11-9-22)27(37)7-3-4-19-41-30-33-32-28(26-6-5-18-40-26)36(30)24-12-14-25(39-2)15-13-24/h5-6,8-15,18,21H,3-4,7,16-17,19-20H2,1-2H3. The van der Waals surface area contributed by atoms with Gasteiger partial charge in [0.25, 0.3) is 5.91 Å². The second kappa shape index (κ2) is 13.0. The summed E-state index contributed by atoms with van der Waals surface area (Å²) in [4.78, 5) is 29.3. The van der Waals surface area contributed by atoms with Crippen LogP contribution in [0.4, 0.5) is 4.39 Å². The number of unbranched alkanes of at least 4 members (excludes halogenated alkanes) is 1. The van der Waals surface area contributed by atoms with Crippen molar-refractivity contribution in [3.63, 3.8) is 0 Å². The number of amides is 2. The summed E-state index contributed by atoms with van der Waals surface area (Å²) in [7, 11) is 1.63. The van der Waals surface area contributed by atoms with Crippen molar-refractivity contribution in [2.45, 2.75) is 37.4 Å². The van der Waals surface area contributed by atoms with Gasteiger partial charge in [0.05, 0.1) is 19.1 Å². The Morgan fingerprint density at radius 1 is 1.05 bits per heavy atom. The van der Waals surface area contributed by atoms with E-state index in [4.69, 9.17) is 9.15 Å². The maximum absolute atomic E-state index is 13.2. The quantitative estimate of drug-likeness (QED) is 0.186. The van der Waals surface area contributed by atoms with Gasteiger partial charge in [-0.2, -0.15) is 0 Å². The van der Waals surface area contributed by atoms with Gasteiger partial charge in [0.2, 0.25) is 11.7 Å². The number of hydrogen-bond donors (Lipinski definition) is 0. The SMILES string of the molecule is COc1ccc(-n2c(SCCCCC(=O)N3CCN(C(=O)c4ccc(F)cc4)C(C)C3)nnc2-c2ccco2)cc1. The lowest BCUT2D eigenvalue weighted by Crippen LogP contribution is -2.55. The molecule has 2 amide bonds. The number of hydrogen-bond acceptors (Lipinski definition) is 7. The summed E-state index contributed by atoms with van der Waals surface area (Å²) in [6.45, 7) is 3.37. The third-order valence-electron chi connectivity index (χ3n) is 7.05. The molecule has 2 aromatic heterocycles. The summed E-state index contributed by atoms with van der Waals surface area (Å²) in [6.07, 6.45) is 3.63. The molecule has 41 heavy (non-hydrogen) atoms. The number of thioether (sulfide) groups is 1.